The minimum absolute atomic E-state index is 0.235. The summed E-state index contributed by atoms with van der Waals surface area (Å²) in [6, 6.07) is 18.0. The highest BCUT2D eigenvalue weighted by Gasteiger charge is 2.18. The zero-order chi connectivity index (χ0) is 19.6. The molecular formula is C20H19N3O3S2. The lowest BCUT2D eigenvalue weighted by Crippen LogP contribution is -2.27. The number of benzene rings is 2. The molecule has 0 bridgehead atoms. The van der Waals surface area contributed by atoms with E-state index in [2.05, 4.69) is 4.72 Å². The van der Waals surface area contributed by atoms with Gasteiger partial charge in [-0.1, -0.05) is 30.3 Å². The predicted octanol–water partition coefficient (Wildman–Crippen LogP) is 3.75. The van der Waals surface area contributed by atoms with Gasteiger partial charge in [0.05, 0.1) is 22.4 Å². The van der Waals surface area contributed by atoms with Gasteiger partial charge in [0.25, 0.3) is 0 Å². The number of ether oxygens (including phenoxy) is 1. The first-order chi connectivity index (χ1) is 13.6. The summed E-state index contributed by atoms with van der Waals surface area (Å²) in [6.45, 7) is 0.662. The van der Waals surface area contributed by atoms with Gasteiger partial charge in [0.1, 0.15) is 11.3 Å². The van der Waals surface area contributed by atoms with Gasteiger partial charge < -0.3 is 9.30 Å². The molecule has 144 valence electrons. The van der Waals surface area contributed by atoms with Crippen molar-refractivity contribution in [1.29, 1.82) is 0 Å². The quantitative estimate of drug-likeness (QED) is 0.501. The highest BCUT2D eigenvalue weighted by molar-refractivity contribution is 7.89. The monoisotopic (exact) mass is 413 g/mol. The first-order valence-corrected chi connectivity index (χ1v) is 11.1. The number of para-hydroxylation sites is 1. The Morgan fingerprint density at radius 1 is 1.07 bits per heavy atom. The zero-order valence-electron chi connectivity index (χ0n) is 15.2. The molecule has 1 N–H and O–H groups in total. The van der Waals surface area contributed by atoms with E-state index in [1.165, 1.54) is 0 Å². The molecule has 0 aliphatic heterocycles. The lowest BCUT2D eigenvalue weighted by atomic mass is 10.3. The maximum absolute atomic E-state index is 12.5. The van der Waals surface area contributed by atoms with Gasteiger partial charge in [-0.05, 0) is 35.7 Å². The van der Waals surface area contributed by atoms with E-state index >= 15 is 0 Å². The van der Waals surface area contributed by atoms with Crippen molar-refractivity contribution in [2.45, 2.75) is 11.4 Å². The van der Waals surface area contributed by atoms with E-state index in [1.54, 1.807) is 48.8 Å². The fourth-order valence-electron chi connectivity index (χ4n) is 3.10. The number of thiophene rings is 1. The van der Waals surface area contributed by atoms with Crippen molar-refractivity contribution in [2.24, 2.45) is 0 Å². The lowest BCUT2D eigenvalue weighted by Gasteiger charge is -2.12. The van der Waals surface area contributed by atoms with Crippen LogP contribution < -0.4 is 9.46 Å². The molecule has 2 aromatic carbocycles. The Kier molecular flexibility index (Phi) is 5.17. The van der Waals surface area contributed by atoms with Crippen LogP contribution in [0.2, 0.25) is 0 Å². The van der Waals surface area contributed by atoms with Crippen molar-refractivity contribution in [3.05, 3.63) is 66.0 Å². The van der Waals surface area contributed by atoms with Gasteiger partial charge in [0.2, 0.25) is 10.0 Å². The number of nitrogens with zero attached hydrogens (tertiary/aromatic N) is 2. The smallest absolute Gasteiger partial charge is 0.240 e. The summed E-state index contributed by atoms with van der Waals surface area (Å²) in [6.07, 6.45) is 0. The Morgan fingerprint density at radius 3 is 2.61 bits per heavy atom. The number of rotatable bonds is 7. The molecule has 0 atom stereocenters. The summed E-state index contributed by atoms with van der Waals surface area (Å²) in [5, 5.41) is 1.99. The first kappa shape index (κ1) is 18.7. The minimum Gasteiger partial charge on any atom is -0.494 e. The topological polar surface area (TPSA) is 73.2 Å². The number of nitrogens with one attached hydrogen (secondary N) is 1. The van der Waals surface area contributed by atoms with Crippen LogP contribution in [-0.2, 0) is 16.6 Å². The van der Waals surface area contributed by atoms with Crippen molar-refractivity contribution in [3.63, 3.8) is 0 Å². The van der Waals surface area contributed by atoms with E-state index in [4.69, 9.17) is 9.72 Å². The molecule has 2 heterocycles. The zero-order valence-corrected chi connectivity index (χ0v) is 16.8. The highest BCUT2D eigenvalue weighted by atomic mass is 32.2. The second kappa shape index (κ2) is 7.75. The van der Waals surface area contributed by atoms with Gasteiger partial charge in [-0.2, -0.15) is 0 Å². The molecule has 0 saturated carbocycles. The molecule has 4 rings (SSSR count). The molecule has 0 unspecified atom stereocenters. The Balaban J connectivity index is 1.67. The molecule has 0 aliphatic rings. The Morgan fingerprint density at radius 2 is 1.89 bits per heavy atom. The van der Waals surface area contributed by atoms with Crippen LogP contribution in [0.15, 0.2) is 70.9 Å². The summed E-state index contributed by atoms with van der Waals surface area (Å²) in [7, 11) is -1.94. The molecule has 0 saturated heterocycles. The van der Waals surface area contributed by atoms with Crippen molar-refractivity contribution < 1.29 is 13.2 Å². The molecule has 0 spiro atoms. The van der Waals surface area contributed by atoms with Crippen molar-refractivity contribution in [1.82, 2.24) is 14.3 Å². The van der Waals surface area contributed by atoms with Gasteiger partial charge in [-0.15, -0.1) is 11.3 Å². The number of methoxy groups -OCH3 is 1. The molecule has 4 aromatic rings. The molecular weight excluding hydrogens is 394 g/mol. The van der Waals surface area contributed by atoms with Gasteiger partial charge in [-0.3, -0.25) is 0 Å². The number of hydrogen-bond acceptors (Lipinski definition) is 5. The van der Waals surface area contributed by atoms with Crippen molar-refractivity contribution >= 4 is 32.4 Å². The molecule has 0 fully saturated rings. The fraction of sp³-hybridized carbons (Fsp3) is 0.150. The summed E-state index contributed by atoms with van der Waals surface area (Å²) < 4.78 is 35.2. The van der Waals surface area contributed by atoms with E-state index in [-0.39, 0.29) is 11.4 Å². The van der Waals surface area contributed by atoms with Crippen molar-refractivity contribution in [3.8, 4) is 16.5 Å². The number of sulfonamides is 1. The van der Waals surface area contributed by atoms with Crippen LogP contribution in [0, 0.1) is 0 Å². The van der Waals surface area contributed by atoms with E-state index in [0.29, 0.717) is 12.3 Å². The maximum atomic E-state index is 12.5. The number of aromatic nitrogens is 2. The van der Waals surface area contributed by atoms with Crippen LogP contribution in [0.1, 0.15) is 0 Å². The second-order valence-electron chi connectivity index (χ2n) is 6.10. The molecule has 2 aromatic heterocycles. The fourth-order valence-corrected chi connectivity index (χ4v) is 4.87. The third kappa shape index (κ3) is 3.54. The van der Waals surface area contributed by atoms with Gasteiger partial charge >= 0.3 is 0 Å². The molecule has 0 radical (unpaired) electrons. The standard InChI is InChI=1S/C20H19N3O3S2/c1-26-17-10-5-9-16-19(17)23(20(22-16)18-11-6-14-27-18)13-12-21-28(24,25)15-7-3-2-4-8-15/h2-11,14,21H,12-13H2,1H3. The van der Waals surface area contributed by atoms with Crippen LogP contribution in [-0.4, -0.2) is 31.6 Å². The van der Waals surface area contributed by atoms with Crippen LogP contribution in [0.5, 0.6) is 5.75 Å². The Hall–Kier alpha value is -2.68. The summed E-state index contributed by atoms with van der Waals surface area (Å²) >= 11 is 1.59. The molecule has 28 heavy (non-hydrogen) atoms. The molecule has 0 aliphatic carbocycles. The SMILES string of the molecule is COc1cccc2nc(-c3cccs3)n(CCNS(=O)(=O)c3ccccc3)c12. The van der Waals surface area contributed by atoms with Gasteiger partial charge in [0, 0.05) is 13.1 Å². The Labute approximate surface area is 167 Å². The molecule has 0 amide bonds. The normalized spacial score (nSPS) is 11.8. The van der Waals surface area contributed by atoms with Crippen molar-refractivity contribution in [2.75, 3.05) is 13.7 Å². The second-order valence-corrected chi connectivity index (χ2v) is 8.82. The third-order valence-electron chi connectivity index (χ3n) is 4.37. The first-order valence-electron chi connectivity index (χ1n) is 8.72. The average Bonchev–Trinajstić information content (AvgIpc) is 3.36. The van der Waals surface area contributed by atoms with Crippen LogP contribution in [0.3, 0.4) is 0 Å². The minimum atomic E-state index is -3.56. The van der Waals surface area contributed by atoms with Crippen LogP contribution in [0.4, 0.5) is 0 Å². The summed E-state index contributed by atoms with van der Waals surface area (Å²) in [5.74, 6) is 1.51. The molecule has 8 heteroatoms. The highest BCUT2D eigenvalue weighted by Crippen LogP contribution is 2.32. The maximum Gasteiger partial charge on any atom is 0.240 e. The van der Waals surface area contributed by atoms with E-state index in [1.807, 2.05) is 40.3 Å². The van der Waals surface area contributed by atoms with Crippen LogP contribution >= 0.6 is 11.3 Å². The number of imidazole rings is 1. The lowest BCUT2D eigenvalue weighted by molar-refractivity contribution is 0.417. The molecule has 6 nitrogen and oxygen atoms in total. The third-order valence-corrected chi connectivity index (χ3v) is 6.71. The van der Waals surface area contributed by atoms with Crippen LogP contribution in [0.25, 0.3) is 21.7 Å². The number of fused-ring (bicyclic) bond motifs is 1. The van der Waals surface area contributed by atoms with E-state index < -0.39 is 10.0 Å². The van der Waals surface area contributed by atoms with Gasteiger partial charge in [-0.25, -0.2) is 18.1 Å². The number of hydrogen-bond donors (Lipinski definition) is 1. The Bertz CT molecular complexity index is 1180. The summed E-state index contributed by atoms with van der Waals surface area (Å²) in [4.78, 5) is 6.02. The van der Waals surface area contributed by atoms with E-state index in [9.17, 15) is 8.42 Å². The van der Waals surface area contributed by atoms with Gasteiger partial charge in [0.15, 0.2) is 5.82 Å². The summed E-state index contributed by atoms with van der Waals surface area (Å²) in [5.41, 5.74) is 1.67. The average molecular weight is 414 g/mol. The van der Waals surface area contributed by atoms with E-state index in [0.717, 1.165) is 21.7 Å². The largest absolute Gasteiger partial charge is 0.494 e. The predicted molar refractivity (Wildman–Crippen MR) is 111 cm³/mol.